The minimum Gasteiger partial charge on any atom is -0.507 e. The number of aryl methyl sites for hydroxylation is 2. The normalized spacial score (nSPS) is 16.4. The maximum Gasteiger partial charge on any atom is 0.301 e. The van der Waals surface area contributed by atoms with Crippen molar-refractivity contribution in [3.63, 3.8) is 0 Å². The molecule has 1 aliphatic rings. The quantitative estimate of drug-likeness (QED) is 0.124. The molecule has 1 saturated heterocycles. The van der Waals surface area contributed by atoms with E-state index in [0.29, 0.717) is 34.1 Å². The minimum absolute atomic E-state index is 0.137. The molecule has 9 heteroatoms. The number of rotatable bonds is 7. The van der Waals surface area contributed by atoms with Crippen LogP contribution < -0.4 is 9.64 Å². The smallest absolute Gasteiger partial charge is 0.301 e. The first-order valence-corrected chi connectivity index (χ1v) is 13.3. The molecule has 5 rings (SSSR count). The molecule has 1 aliphatic heterocycles. The molecule has 7 nitrogen and oxygen atoms in total. The van der Waals surface area contributed by atoms with Gasteiger partial charge in [0.2, 0.25) is 0 Å². The van der Waals surface area contributed by atoms with Gasteiger partial charge in [-0.15, -0.1) is 0 Å². The van der Waals surface area contributed by atoms with Crippen LogP contribution in [0.4, 0.5) is 9.52 Å². The van der Waals surface area contributed by atoms with Crippen LogP contribution in [0.3, 0.4) is 0 Å². The zero-order chi connectivity index (χ0) is 28.6. The molecule has 202 valence electrons. The average molecular weight is 557 g/mol. The fourth-order valence-corrected chi connectivity index (χ4v) is 5.62. The summed E-state index contributed by atoms with van der Waals surface area (Å²) in [6, 6.07) is 18.7. The van der Waals surface area contributed by atoms with Gasteiger partial charge in [-0.25, -0.2) is 9.37 Å². The highest BCUT2D eigenvalue weighted by atomic mass is 32.1. The lowest BCUT2D eigenvalue weighted by molar-refractivity contribution is -0.132. The molecule has 0 aliphatic carbocycles. The summed E-state index contributed by atoms with van der Waals surface area (Å²) in [5, 5.41) is 11.5. The lowest BCUT2D eigenvalue weighted by Gasteiger charge is -2.23. The number of nitrogens with zero attached hydrogens (tertiary/aromatic N) is 2. The van der Waals surface area contributed by atoms with Crippen LogP contribution in [-0.4, -0.2) is 27.6 Å². The molecule has 1 aromatic heterocycles. The first-order chi connectivity index (χ1) is 19.1. The second kappa shape index (κ2) is 10.9. The fourth-order valence-electron chi connectivity index (χ4n) is 4.64. The van der Waals surface area contributed by atoms with E-state index < -0.39 is 23.5 Å². The summed E-state index contributed by atoms with van der Waals surface area (Å²) in [5.41, 5.74) is 3.09. The number of ketones is 2. The molecule has 1 N–H and O–H groups in total. The minimum atomic E-state index is -1.08. The van der Waals surface area contributed by atoms with Crippen molar-refractivity contribution in [2.45, 2.75) is 33.4 Å². The Balaban J connectivity index is 1.52. The number of halogens is 1. The number of aromatic nitrogens is 1. The van der Waals surface area contributed by atoms with Gasteiger partial charge in [-0.3, -0.25) is 19.3 Å². The summed E-state index contributed by atoms with van der Waals surface area (Å²) in [5.74, 6) is -2.36. The third kappa shape index (κ3) is 5.15. The molecule has 0 radical (unpaired) electrons. The van der Waals surface area contributed by atoms with E-state index in [1.165, 1.54) is 31.2 Å². The zero-order valence-corrected chi connectivity index (χ0v) is 22.8. The number of aliphatic hydroxyl groups is 1. The Morgan fingerprint density at radius 3 is 2.38 bits per heavy atom. The number of carbonyl (C=O) groups is 3. The van der Waals surface area contributed by atoms with Crippen molar-refractivity contribution < 1.29 is 28.6 Å². The number of ether oxygens (including phenoxy) is 1. The van der Waals surface area contributed by atoms with Gasteiger partial charge in [-0.05, 0) is 61.4 Å². The van der Waals surface area contributed by atoms with E-state index >= 15 is 0 Å². The number of hydrogen-bond donors (Lipinski definition) is 1. The van der Waals surface area contributed by atoms with Gasteiger partial charge in [-0.1, -0.05) is 53.3 Å². The number of carbonyl (C=O) groups excluding carboxylic acids is 3. The van der Waals surface area contributed by atoms with Crippen LogP contribution in [0, 0.1) is 19.7 Å². The van der Waals surface area contributed by atoms with Crippen LogP contribution in [0.2, 0.25) is 0 Å². The van der Waals surface area contributed by atoms with Crippen molar-refractivity contribution in [1.29, 1.82) is 0 Å². The first kappa shape index (κ1) is 27.0. The summed E-state index contributed by atoms with van der Waals surface area (Å²) < 4.78 is 19.6. The van der Waals surface area contributed by atoms with Crippen LogP contribution in [0.15, 0.2) is 78.4 Å². The van der Waals surface area contributed by atoms with E-state index in [0.717, 1.165) is 27.4 Å². The summed E-state index contributed by atoms with van der Waals surface area (Å²) >= 11 is 0.986. The largest absolute Gasteiger partial charge is 0.507 e. The van der Waals surface area contributed by atoms with Crippen molar-refractivity contribution in [1.82, 2.24) is 4.98 Å². The molecule has 0 spiro atoms. The van der Waals surface area contributed by atoms with Crippen LogP contribution in [0.1, 0.15) is 50.6 Å². The number of aliphatic hydroxyl groups excluding tert-OH is 1. The number of benzene rings is 3. The van der Waals surface area contributed by atoms with E-state index in [1.807, 2.05) is 31.2 Å². The maximum absolute atomic E-state index is 13.8. The van der Waals surface area contributed by atoms with E-state index in [1.54, 1.807) is 31.2 Å². The van der Waals surface area contributed by atoms with Crippen molar-refractivity contribution in [3.8, 4) is 5.75 Å². The van der Waals surface area contributed by atoms with E-state index in [4.69, 9.17) is 4.74 Å². The molecule has 0 bridgehead atoms. The highest BCUT2D eigenvalue weighted by Crippen LogP contribution is 2.44. The van der Waals surface area contributed by atoms with Gasteiger partial charge in [0, 0.05) is 12.5 Å². The monoisotopic (exact) mass is 556 g/mol. The second-order valence-electron chi connectivity index (χ2n) is 9.49. The number of Topliss-reactive ketones (excluding diaryl/α,β-unsaturated/α-hetero) is 2. The highest BCUT2D eigenvalue weighted by molar-refractivity contribution is 7.18. The van der Waals surface area contributed by atoms with Gasteiger partial charge in [0.25, 0.3) is 5.78 Å². The molecule has 3 aromatic carbocycles. The van der Waals surface area contributed by atoms with Crippen LogP contribution in [-0.2, 0) is 16.2 Å². The third-order valence-corrected chi connectivity index (χ3v) is 7.81. The van der Waals surface area contributed by atoms with Gasteiger partial charge >= 0.3 is 5.91 Å². The predicted octanol–water partition coefficient (Wildman–Crippen LogP) is 6.31. The molecule has 40 heavy (non-hydrogen) atoms. The lowest BCUT2D eigenvalue weighted by atomic mass is 9.95. The highest BCUT2D eigenvalue weighted by Gasteiger charge is 2.48. The third-order valence-electron chi connectivity index (χ3n) is 6.56. The second-order valence-corrected chi connectivity index (χ2v) is 10.5. The Bertz CT molecular complexity index is 1660. The summed E-state index contributed by atoms with van der Waals surface area (Å²) in [6.07, 6.45) is 0. The number of hydrogen-bond acceptors (Lipinski definition) is 7. The summed E-state index contributed by atoms with van der Waals surface area (Å²) in [7, 11) is 0. The molecular weight excluding hydrogens is 531 g/mol. The molecule has 1 fully saturated rings. The van der Waals surface area contributed by atoms with Gasteiger partial charge in [-0.2, -0.15) is 0 Å². The fraction of sp³-hybridized carbons (Fsp3) is 0.161. The Hall–Kier alpha value is -4.63. The van der Waals surface area contributed by atoms with Crippen molar-refractivity contribution in [2.75, 3.05) is 4.90 Å². The van der Waals surface area contributed by atoms with Gasteiger partial charge in [0.1, 0.15) is 23.9 Å². The van der Waals surface area contributed by atoms with E-state index in [2.05, 4.69) is 4.98 Å². The van der Waals surface area contributed by atoms with Crippen molar-refractivity contribution in [3.05, 3.63) is 117 Å². The molecule has 1 amide bonds. The van der Waals surface area contributed by atoms with Gasteiger partial charge < -0.3 is 9.84 Å². The Kier molecular flexibility index (Phi) is 7.32. The van der Waals surface area contributed by atoms with Crippen LogP contribution in [0.25, 0.3) is 5.76 Å². The predicted molar refractivity (Wildman–Crippen MR) is 150 cm³/mol. The SMILES string of the molecule is CC(=O)c1sc(N2C(=O)C(=O)C(=C(O)c3ccc(OCc4cccc(C)c4)cc3)C2c2ccc(F)cc2)nc1C. The Morgan fingerprint density at radius 1 is 1.05 bits per heavy atom. The molecule has 2 heterocycles. The molecule has 4 aromatic rings. The van der Waals surface area contributed by atoms with E-state index in [9.17, 15) is 23.9 Å². The topological polar surface area (TPSA) is 96.8 Å². The van der Waals surface area contributed by atoms with Gasteiger partial charge in [0.15, 0.2) is 10.9 Å². The number of anilines is 1. The first-order valence-electron chi connectivity index (χ1n) is 12.5. The van der Waals surface area contributed by atoms with Crippen molar-refractivity contribution >= 4 is 39.7 Å². The summed E-state index contributed by atoms with van der Waals surface area (Å²) in [4.78, 5) is 44.6. The zero-order valence-electron chi connectivity index (χ0n) is 22.0. The Morgan fingerprint density at radius 2 is 1.75 bits per heavy atom. The lowest BCUT2D eigenvalue weighted by Crippen LogP contribution is -2.29. The van der Waals surface area contributed by atoms with E-state index in [-0.39, 0.29) is 22.2 Å². The Labute approximate surface area is 234 Å². The summed E-state index contributed by atoms with van der Waals surface area (Å²) in [6.45, 7) is 5.40. The maximum atomic E-state index is 13.8. The van der Waals surface area contributed by atoms with Crippen LogP contribution in [0.5, 0.6) is 5.75 Å². The average Bonchev–Trinajstić information content (AvgIpc) is 3.44. The molecular formula is C31H25FN2O5S. The molecule has 1 atom stereocenters. The van der Waals surface area contributed by atoms with Crippen molar-refractivity contribution in [2.24, 2.45) is 0 Å². The van der Waals surface area contributed by atoms with Gasteiger partial charge in [0.05, 0.1) is 22.2 Å². The number of amides is 1. The van der Waals surface area contributed by atoms with Crippen LogP contribution >= 0.6 is 11.3 Å². The number of thiazole rings is 1. The molecule has 0 saturated carbocycles. The molecule has 1 unspecified atom stereocenters. The standard InChI is InChI=1S/C31H25FN2O5S/c1-17-5-4-6-20(15-17)16-39-24-13-9-22(10-14-24)27(36)25-26(21-7-11-23(32)12-8-21)34(30(38)28(25)37)31-33-18(2)29(40-31)19(3)35/h4-15,26,36H,16H2,1-3H3.